The summed E-state index contributed by atoms with van der Waals surface area (Å²) < 4.78 is 0. The number of hydrogen-bond donors (Lipinski definition) is 4. The normalized spacial score (nSPS) is 20.3. The number of hydrogen-bond acceptors (Lipinski definition) is 5. The average molecular weight is 535 g/mol. The summed E-state index contributed by atoms with van der Waals surface area (Å²) in [6.45, 7) is 9.69. The molecule has 0 saturated carbocycles. The standard InChI is InChI=1S/C31H42N4O4/c1-18-10-13-24-21(14-18)8-7-9-25(24)33-29(38)26-16-20-11-12-23(36)15-22(20)17-35(26)30(39)27(31(3,4)5)34-28(37)19(2)32-6/h10-15,19,25-27,32,36H,7-9,16-17H2,1-6H3,(H,33,38)(H,34,37)/t19-,25?,26-,27?/m0/s1. The van der Waals surface area contributed by atoms with Gasteiger partial charge in [-0.3, -0.25) is 14.4 Å². The Hall–Kier alpha value is -3.39. The summed E-state index contributed by atoms with van der Waals surface area (Å²) in [5.41, 5.74) is 4.73. The molecular formula is C31H42N4O4. The third-order valence-electron chi connectivity index (χ3n) is 8.06. The van der Waals surface area contributed by atoms with E-state index in [2.05, 4.69) is 41.1 Å². The Kier molecular flexibility index (Phi) is 8.35. The van der Waals surface area contributed by atoms with Crippen molar-refractivity contribution in [3.8, 4) is 5.75 Å². The highest BCUT2D eigenvalue weighted by Crippen LogP contribution is 2.33. The Balaban J connectivity index is 1.65. The van der Waals surface area contributed by atoms with Crippen LogP contribution in [-0.4, -0.2) is 52.9 Å². The molecule has 1 aliphatic heterocycles. The highest BCUT2D eigenvalue weighted by Gasteiger charge is 2.43. The molecule has 39 heavy (non-hydrogen) atoms. The fourth-order valence-electron chi connectivity index (χ4n) is 5.61. The van der Waals surface area contributed by atoms with Crippen LogP contribution < -0.4 is 16.0 Å². The van der Waals surface area contributed by atoms with Crippen molar-refractivity contribution in [3.05, 3.63) is 64.2 Å². The van der Waals surface area contributed by atoms with Crippen LogP contribution in [0.5, 0.6) is 5.75 Å². The number of rotatable bonds is 6. The lowest BCUT2D eigenvalue weighted by Crippen LogP contribution is -2.62. The van der Waals surface area contributed by atoms with Gasteiger partial charge in [-0.1, -0.05) is 50.6 Å². The first kappa shape index (κ1) is 28.6. The van der Waals surface area contributed by atoms with Crippen LogP contribution in [0, 0.1) is 12.3 Å². The van der Waals surface area contributed by atoms with E-state index in [1.807, 2.05) is 26.8 Å². The minimum Gasteiger partial charge on any atom is -0.508 e. The van der Waals surface area contributed by atoms with Crippen LogP contribution in [0.15, 0.2) is 36.4 Å². The summed E-state index contributed by atoms with van der Waals surface area (Å²) in [5.74, 6) is -0.686. The maximum Gasteiger partial charge on any atom is 0.246 e. The quantitative estimate of drug-likeness (QED) is 0.455. The maximum absolute atomic E-state index is 14.2. The summed E-state index contributed by atoms with van der Waals surface area (Å²) in [4.78, 5) is 42.5. The summed E-state index contributed by atoms with van der Waals surface area (Å²) >= 11 is 0. The average Bonchev–Trinajstić information content (AvgIpc) is 2.89. The van der Waals surface area contributed by atoms with Gasteiger partial charge in [0.05, 0.1) is 12.1 Å². The second-order valence-corrected chi connectivity index (χ2v) is 12.1. The molecule has 8 nitrogen and oxygen atoms in total. The number of phenols is 1. The fraction of sp³-hybridized carbons (Fsp3) is 0.516. The van der Waals surface area contributed by atoms with Crippen molar-refractivity contribution in [2.75, 3.05) is 7.05 Å². The Morgan fingerprint density at radius 3 is 2.49 bits per heavy atom. The SMILES string of the molecule is CN[C@@H](C)C(=O)NC(C(=O)N1Cc2cc(O)ccc2C[C@H]1C(=O)NC1CCCc2cc(C)ccc21)C(C)(C)C. The van der Waals surface area contributed by atoms with E-state index < -0.39 is 23.5 Å². The van der Waals surface area contributed by atoms with Crippen molar-refractivity contribution in [2.45, 2.75) is 91.0 Å². The van der Waals surface area contributed by atoms with Crippen molar-refractivity contribution in [3.63, 3.8) is 0 Å². The zero-order chi connectivity index (χ0) is 28.5. The molecule has 0 fully saturated rings. The zero-order valence-corrected chi connectivity index (χ0v) is 23.9. The number of aryl methyl sites for hydroxylation is 2. The topological polar surface area (TPSA) is 111 Å². The second-order valence-electron chi connectivity index (χ2n) is 12.1. The van der Waals surface area contributed by atoms with Crippen LogP contribution in [0.2, 0.25) is 0 Å². The summed E-state index contributed by atoms with van der Waals surface area (Å²) in [5, 5.41) is 19.2. The van der Waals surface area contributed by atoms with Crippen molar-refractivity contribution >= 4 is 17.7 Å². The molecule has 3 amide bonds. The monoisotopic (exact) mass is 534 g/mol. The van der Waals surface area contributed by atoms with Gasteiger partial charge in [0.2, 0.25) is 17.7 Å². The van der Waals surface area contributed by atoms with E-state index >= 15 is 0 Å². The Morgan fingerprint density at radius 1 is 1.05 bits per heavy atom. The molecule has 0 radical (unpaired) electrons. The number of phenolic OH excluding ortho intramolecular Hbond substituents is 1. The van der Waals surface area contributed by atoms with E-state index in [4.69, 9.17) is 0 Å². The number of carbonyl (C=O) groups excluding carboxylic acids is 3. The molecular weight excluding hydrogens is 492 g/mol. The smallest absolute Gasteiger partial charge is 0.246 e. The molecule has 8 heteroatoms. The Bertz CT molecular complexity index is 1250. The first-order valence-electron chi connectivity index (χ1n) is 13.9. The van der Waals surface area contributed by atoms with E-state index in [0.717, 1.165) is 36.0 Å². The van der Waals surface area contributed by atoms with Crippen molar-refractivity contribution in [1.82, 2.24) is 20.9 Å². The molecule has 2 unspecified atom stereocenters. The van der Waals surface area contributed by atoms with Gasteiger partial charge in [-0.25, -0.2) is 0 Å². The highest BCUT2D eigenvalue weighted by atomic mass is 16.3. The van der Waals surface area contributed by atoms with Gasteiger partial charge in [-0.2, -0.15) is 0 Å². The molecule has 210 valence electrons. The zero-order valence-electron chi connectivity index (χ0n) is 23.9. The Labute approximate surface area is 231 Å². The lowest BCUT2D eigenvalue weighted by atomic mass is 9.83. The minimum atomic E-state index is -0.839. The molecule has 2 aliphatic rings. The van der Waals surface area contributed by atoms with Crippen LogP contribution in [-0.2, 0) is 33.8 Å². The predicted octanol–water partition coefficient (Wildman–Crippen LogP) is 3.29. The van der Waals surface area contributed by atoms with Gasteiger partial charge in [-0.05, 0) is 80.0 Å². The van der Waals surface area contributed by atoms with Gasteiger partial charge in [-0.15, -0.1) is 0 Å². The predicted molar refractivity (Wildman–Crippen MR) is 151 cm³/mol. The highest BCUT2D eigenvalue weighted by molar-refractivity contribution is 5.94. The summed E-state index contributed by atoms with van der Waals surface area (Å²) in [6, 6.07) is 9.28. The van der Waals surface area contributed by atoms with Gasteiger partial charge >= 0.3 is 0 Å². The molecule has 1 aliphatic carbocycles. The number of fused-ring (bicyclic) bond motifs is 2. The molecule has 0 spiro atoms. The number of nitrogens with zero attached hydrogens (tertiary/aromatic N) is 1. The third-order valence-corrected chi connectivity index (χ3v) is 8.06. The lowest BCUT2D eigenvalue weighted by molar-refractivity contribution is -0.147. The minimum absolute atomic E-state index is 0.113. The molecule has 4 N–H and O–H groups in total. The van der Waals surface area contributed by atoms with Gasteiger partial charge in [0, 0.05) is 13.0 Å². The van der Waals surface area contributed by atoms with Crippen molar-refractivity contribution in [2.24, 2.45) is 5.41 Å². The van der Waals surface area contributed by atoms with E-state index in [0.29, 0.717) is 6.42 Å². The molecule has 4 rings (SSSR count). The molecule has 4 atom stereocenters. The van der Waals surface area contributed by atoms with Gasteiger partial charge in [0.1, 0.15) is 17.8 Å². The van der Waals surface area contributed by atoms with E-state index in [-0.39, 0.29) is 36.1 Å². The van der Waals surface area contributed by atoms with E-state index in [1.54, 1.807) is 31.0 Å². The number of nitrogens with one attached hydrogen (secondary N) is 3. The molecule has 0 aromatic heterocycles. The van der Waals surface area contributed by atoms with Gasteiger partial charge < -0.3 is 26.0 Å². The van der Waals surface area contributed by atoms with Crippen LogP contribution in [0.25, 0.3) is 0 Å². The number of benzene rings is 2. The Morgan fingerprint density at radius 2 is 1.79 bits per heavy atom. The van der Waals surface area contributed by atoms with Gasteiger partial charge in [0.15, 0.2) is 0 Å². The van der Waals surface area contributed by atoms with E-state index in [1.165, 1.54) is 11.1 Å². The molecule has 2 aromatic rings. The van der Waals surface area contributed by atoms with Crippen LogP contribution in [0.1, 0.15) is 74.4 Å². The number of carbonyl (C=O) groups is 3. The lowest BCUT2D eigenvalue weighted by Gasteiger charge is -2.41. The molecule has 0 bridgehead atoms. The second kappa shape index (κ2) is 11.4. The molecule has 0 saturated heterocycles. The first-order valence-corrected chi connectivity index (χ1v) is 13.9. The first-order chi connectivity index (χ1) is 18.4. The third kappa shape index (κ3) is 6.27. The van der Waals surface area contributed by atoms with Gasteiger partial charge in [0.25, 0.3) is 0 Å². The van der Waals surface area contributed by atoms with Crippen molar-refractivity contribution < 1.29 is 19.5 Å². The number of amides is 3. The largest absolute Gasteiger partial charge is 0.508 e. The number of aromatic hydroxyl groups is 1. The molecule has 1 heterocycles. The van der Waals surface area contributed by atoms with Crippen LogP contribution >= 0.6 is 0 Å². The number of likely N-dealkylation sites (N-methyl/N-ethyl adjacent to an activating group) is 1. The van der Waals surface area contributed by atoms with Crippen LogP contribution in [0.4, 0.5) is 0 Å². The fourth-order valence-corrected chi connectivity index (χ4v) is 5.61. The maximum atomic E-state index is 14.2. The summed E-state index contributed by atoms with van der Waals surface area (Å²) in [6.07, 6.45) is 3.15. The van der Waals surface area contributed by atoms with Crippen LogP contribution in [0.3, 0.4) is 0 Å². The summed E-state index contributed by atoms with van der Waals surface area (Å²) in [7, 11) is 1.69. The van der Waals surface area contributed by atoms with E-state index in [9.17, 15) is 19.5 Å². The molecule has 2 aromatic carbocycles. The van der Waals surface area contributed by atoms with Crippen molar-refractivity contribution in [1.29, 1.82) is 0 Å².